The van der Waals surface area contributed by atoms with E-state index in [0.29, 0.717) is 10.7 Å². The largest absolute Gasteiger partial charge is 0.231 e. The highest BCUT2D eigenvalue weighted by Gasteiger charge is 2.05. The lowest BCUT2D eigenvalue weighted by Gasteiger charge is -2.03. The molecule has 0 saturated heterocycles. The number of halogens is 1. The molecule has 0 spiro atoms. The molecule has 0 radical (unpaired) electrons. The topological polar surface area (TPSA) is 49.6 Å². The third-order valence-corrected chi connectivity index (χ3v) is 3.91. The molecule has 2 rings (SSSR count). The Bertz CT molecular complexity index is 575. The van der Waals surface area contributed by atoms with Gasteiger partial charge in [-0.1, -0.05) is 0 Å². The van der Waals surface area contributed by atoms with Crippen LogP contribution in [0.4, 0.5) is 0 Å². The lowest BCUT2D eigenvalue weighted by atomic mass is 10.2. The fraction of sp³-hybridized carbons (Fsp3) is 0.0833. The minimum atomic E-state index is 0.631. The third kappa shape index (κ3) is 3.05. The zero-order valence-corrected chi connectivity index (χ0v) is 11.4. The molecule has 0 aliphatic rings. The standard InChI is InChI=1S/C12H8BrN3S/c1-8-6-15-12(16-7-8)17-11-3-2-9(5-14)4-10(11)13/h2-4,6-7H,1H3. The maximum Gasteiger partial charge on any atom is 0.192 e. The van der Waals surface area contributed by atoms with Crippen LogP contribution in [-0.4, -0.2) is 9.97 Å². The molecule has 84 valence electrons. The summed E-state index contributed by atoms with van der Waals surface area (Å²) in [5.74, 6) is 0. The average molecular weight is 306 g/mol. The van der Waals surface area contributed by atoms with Crippen molar-refractivity contribution in [3.8, 4) is 6.07 Å². The fourth-order valence-electron chi connectivity index (χ4n) is 1.18. The Balaban J connectivity index is 2.25. The summed E-state index contributed by atoms with van der Waals surface area (Å²) in [7, 11) is 0. The third-order valence-electron chi connectivity index (χ3n) is 2.02. The van der Waals surface area contributed by atoms with Gasteiger partial charge in [0.1, 0.15) is 0 Å². The predicted octanol–water partition coefficient (Wildman–Crippen LogP) is 3.57. The van der Waals surface area contributed by atoms with Crippen molar-refractivity contribution in [2.75, 3.05) is 0 Å². The number of aryl methyl sites for hydroxylation is 1. The van der Waals surface area contributed by atoms with Crippen LogP contribution in [0.25, 0.3) is 0 Å². The number of hydrogen-bond acceptors (Lipinski definition) is 4. The van der Waals surface area contributed by atoms with E-state index in [2.05, 4.69) is 32.0 Å². The number of nitrogens with zero attached hydrogens (tertiary/aromatic N) is 3. The first kappa shape index (κ1) is 12.1. The van der Waals surface area contributed by atoms with Crippen molar-refractivity contribution in [2.24, 2.45) is 0 Å². The van der Waals surface area contributed by atoms with Gasteiger partial charge in [-0.05, 0) is 58.4 Å². The monoisotopic (exact) mass is 305 g/mol. The zero-order chi connectivity index (χ0) is 12.3. The Hall–Kier alpha value is -1.38. The number of nitriles is 1. The Morgan fingerprint density at radius 3 is 2.59 bits per heavy atom. The first-order valence-corrected chi connectivity index (χ1v) is 6.46. The number of benzene rings is 1. The molecule has 0 aliphatic heterocycles. The van der Waals surface area contributed by atoms with E-state index in [1.54, 1.807) is 24.5 Å². The van der Waals surface area contributed by atoms with E-state index in [9.17, 15) is 0 Å². The molecule has 2 aromatic rings. The van der Waals surface area contributed by atoms with E-state index in [4.69, 9.17) is 5.26 Å². The molecule has 0 atom stereocenters. The van der Waals surface area contributed by atoms with Crippen LogP contribution < -0.4 is 0 Å². The summed E-state index contributed by atoms with van der Waals surface area (Å²) in [6.07, 6.45) is 3.57. The van der Waals surface area contributed by atoms with Crippen molar-refractivity contribution in [3.63, 3.8) is 0 Å². The quantitative estimate of drug-likeness (QED) is 0.796. The van der Waals surface area contributed by atoms with Gasteiger partial charge in [0.05, 0.1) is 11.6 Å². The van der Waals surface area contributed by atoms with Gasteiger partial charge in [0.25, 0.3) is 0 Å². The molecule has 0 unspecified atom stereocenters. The van der Waals surface area contributed by atoms with Gasteiger partial charge in [0.15, 0.2) is 5.16 Å². The van der Waals surface area contributed by atoms with Crippen LogP contribution in [-0.2, 0) is 0 Å². The first-order chi connectivity index (χ1) is 8.19. The lowest BCUT2D eigenvalue weighted by molar-refractivity contribution is 0.949. The fourth-order valence-corrected chi connectivity index (χ4v) is 2.51. The van der Waals surface area contributed by atoms with E-state index in [1.807, 2.05) is 13.0 Å². The average Bonchev–Trinajstić information content (AvgIpc) is 2.34. The van der Waals surface area contributed by atoms with E-state index in [-0.39, 0.29) is 0 Å². The summed E-state index contributed by atoms with van der Waals surface area (Å²) in [6, 6.07) is 7.55. The second-order valence-corrected chi connectivity index (χ2v) is 5.27. The predicted molar refractivity (Wildman–Crippen MR) is 69.7 cm³/mol. The summed E-state index contributed by atoms with van der Waals surface area (Å²) in [6.45, 7) is 1.95. The van der Waals surface area contributed by atoms with Gasteiger partial charge in [-0.25, -0.2) is 9.97 Å². The Kier molecular flexibility index (Phi) is 3.77. The Labute approximate surface area is 112 Å². The molecule has 0 aliphatic carbocycles. The number of aromatic nitrogens is 2. The smallest absolute Gasteiger partial charge is 0.192 e. The molecule has 0 amide bonds. The molecule has 17 heavy (non-hydrogen) atoms. The molecule has 0 bridgehead atoms. The Morgan fingerprint density at radius 2 is 2.00 bits per heavy atom. The molecule has 1 heterocycles. The van der Waals surface area contributed by atoms with E-state index in [0.717, 1.165) is 14.9 Å². The second-order valence-electron chi connectivity index (χ2n) is 3.40. The van der Waals surface area contributed by atoms with E-state index < -0.39 is 0 Å². The van der Waals surface area contributed by atoms with Crippen molar-refractivity contribution < 1.29 is 0 Å². The molecule has 0 fully saturated rings. The molecule has 1 aromatic heterocycles. The maximum absolute atomic E-state index is 8.77. The summed E-state index contributed by atoms with van der Waals surface area (Å²) < 4.78 is 0.880. The SMILES string of the molecule is Cc1cnc(Sc2ccc(C#N)cc2Br)nc1. The molecule has 1 aromatic carbocycles. The summed E-state index contributed by atoms with van der Waals surface area (Å²) in [5.41, 5.74) is 1.67. The van der Waals surface area contributed by atoms with Crippen molar-refractivity contribution >= 4 is 27.7 Å². The molecule has 3 nitrogen and oxygen atoms in total. The number of hydrogen-bond donors (Lipinski definition) is 0. The Morgan fingerprint density at radius 1 is 1.29 bits per heavy atom. The van der Waals surface area contributed by atoms with Gasteiger partial charge in [-0.3, -0.25) is 0 Å². The van der Waals surface area contributed by atoms with Gasteiger partial charge < -0.3 is 0 Å². The molecule has 0 N–H and O–H groups in total. The zero-order valence-electron chi connectivity index (χ0n) is 9.01. The minimum absolute atomic E-state index is 0.631. The highest BCUT2D eigenvalue weighted by Crippen LogP contribution is 2.31. The van der Waals surface area contributed by atoms with Crippen LogP contribution in [0.15, 0.2) is 45.1 Å². The van der Waals surface area contributed by atoms with E-state index in [1.165, 1.54) is 11.8 Å². The normalized spacial score (nSPS) is 9.94. The van der Waals surface area contributed by atoms with Crippen LogP contribution in [0.1, 0.15) is 11.1 Å². The lowest BCUT2D eigenvalue weighted by Crippen LogP contribution is -1.87. The van der Waals surface area contributed by atoms with Crippen LogP contribution >= 0.6 is 27.7 Å². The van der Waals surface area contributed by atoms with Crippen molar-refractivity contribution in [2.45, 2.75) is 17.0 Å². The summed E-state index contributed by atoms with van der Waals surface area (Å²) >= 11 is 4.90. The van der Waals surface area contributed by atoms with Crippen LogP contribution in [0.5, 0.6) is 0 Å². The number of rotatable bonds is 2. The highest BCUT2D eigenvalue weighted by molar-refractivity contribution is 9.10. The first-order valence-electron chi connectivity index (χ1n) is 4.85. The van der Waals surface area contributed by atoms with Crippen molar-refractivity contribution in [1.29, 1.82) is 5.26 Å². The van der Waals surface area contributed by atoms with Crippen LogP contribution in [0, 0.1) is 18.3 Å². The van der Waals surface area contributed by atoms with Gasteiger partial charge >= 0.3 is 0 Å². The molecular formula is C12H8BrN3S. The van der Waals surface area contributed by atoms with Gasteiger partial charge in [-0.15, -0.1) is 0 Å². The summed E-state index contributed by atoms with van der Waals surface area (Å²) in [5, 5.41) is 9.47. The van der Waals surface area contributed by atoms with Gasteiger partial charge in [-0.2, -0.15) is 5.26 Å². The molecule has 5 heteroatoms. The van der Waals surface area contributed by atoms with E-state index >= 15 is 0 Å². The van der Waals surface area contributed by atoms with Crippen molar-refractivity contribution in [1.82, 2.24) is 9.97 Å². The highest BCUT2D eigenvalue weighted by atomic mass is 79.9. The summed E-state index contributed by atoms with van der Waals surface area (Å²) in [4.78, 5) is 9.44. The minimum Gasteiger partial charge on any atom is -0.231 e. The second kappa shape index (κ2) is 5.30. The van der Waals surface area contributed by atoms with Gasteiger partial charge in [0.2, 0.25) is 0 Å². The molecule has 0 saturated carbocycles. The van der Waals surface area contributed by atoms with Gasteiger partial charge in [0, 0.05) is 21.8 Å². The van der Waals surface area contributed by atoms with Crippen LogP contribution in [0.3, 0.4) is 0 Å². The maximum atomic E-state index is 8.77. The van der Waals surface area contributed by atoms with Crippen LogP contribution in [0.2, 0.25) is 0 Å². The molecular weight excluding hydrogens is 298 g/mol. The van der Waals surface area contributed by atoms with Crippen molar-refractivity contribution in [3.05, 3.63) is 46.2 Å².